The van der Waals surface area contributed by atoms with Crippen LogP contribution < -0.4 is 10.6 Å². The Labute approximate surface area is 166 Å². The van der Waals surface area contributed by atoms with Crippen LogP contribution in [0.4, 0.5) is 4.79 Å². The summed E-state index contributed by atoms with van der Waals surface area (Å²) >= 11 is 0. The second kappa shape index (κ2) is 7.91. The molecule has 2 aliphatic rings. The fraction of sp³-hybridized carbons (Fsp3) is 0.571. The van der Waals surface area contributed by atoms with Crippen LogP contribution in [0.25, 0.3) is 0 Å². The van der Waals surface area contributed by atoms with E-state index in [9.17, 15) is 14.4 Å². The van der Waals surface area contributed by atoms with Crippen molar-refractivity contribution in [3.05, 3.63) is 35.4 Å². The number of rotatable bonds is 5. The van der Waals surface area contributed by atoms with E-state index >= 15 is 0 Å². The molecule has 1 heterocycles. The average Bonchev–Trinajstić information content (AvgIpc) is 2.92. The second-order valence-corrected chi connectivity index (χ2v) is 8.20. The van der Waals surface area contributed by atoms with E-state index in [1.165, 1.54) is 4.90 Å². The molecule has 28 heavy (non-hydrogen) atoms. The number of amides is 4. The first-order valence-corrected chi connectivity index (χ1v) is 9.93. The number of carbonyl (C=O) groups excluding carboxylic acids is 3. The van der Waals surface area contributed by atoms with Gasteiger partial charge in [0.25, 0.3) is 11.8 Å². The topological polar surface area (TPSA) is 81.8 Å². The zero-order valence-corrected chi connectivity index (χ0v) is 17.1. The van der Waals surface area contributed by atoms with Crippen LogP contribution in [0, 0.1) is 11.8 Å². The molecule has 2 unspecified atom stereocenters. The Morgan fingerprint density at radius 1 is 1.21 bits per heavy atom. The summed E-state index contributed by atoms with van der Waals surface area (Å²) in [5.74, 6) is 0.0554. The minimum absolute atomic E-state index is 0.0981. The Balaban J connectivity index is 1.67. The Morgan fingerprint density at radius 3 is 2.39 bits per heavy atom. The van der Waals surface area contributed by atoms with Gasteiger partial charge in [-0.1, -0.05) is 32.4 Å². The van der Waals surface area contributed by atoms with Gasteiger partial charge in [-0.3, -0.25) is 14.5 Å². The van der Waals surface area contributed by atoms with Gasteiger partial charge in [0.1, 0.15) is 5.54 Å². The number of benzene rings is 1. The van der Waals surface area contributed by atoms with Crippen LogP contribution in [0.5, 0.6) is 0 Å². The molecule has 1 aliphatic heterocycles. The maximum absolute atomic E-state index is 13.2. The van der Waals surface area contributed by atoms with Gasteiger partial charge < -0.3 is 10.6 Å². The molecule has 1 aromatic carbocycles. The van der Waals surface area contributed by atoms with Crippen LogP contribution in [-0.4, -0.2) is 53.9 Å². The molecule has 1 spiro atoms. The highest BCUT2D eigenvalue weighted by Crippen LogP contribution is 2.42. The highest BCUT2D eigenvalue weighted by atomic mass is 16.2. The molecule has 7 heteroatoms. The maximum Gasteiger partial charge on any atom is 0.326 e. The van der Waals surface area contributed by atoms with Crippen LogP contribution in [0.1, 0.15) is 49.0 Å². The Hall–Kier alpha value is -2.41. The van der Waals surface area contributed by atoms with Crippen molar-refractivity contribution >= 4 is 17.8 Å². The molecule has 0 aromatic heterocycles. The summed E-state index contributed by atoms with van der Waals surface area (Å²) in [5, 5.41) is 5.63. The molecule has 2 atom stereocenters. The van der Waals surface area contributed by atoms with Gasteiger partial charge >= 0.3 is 6.03 Å². The van der Waals surface area contributed by atoms with Crippen LogP contribution in [0.2, 0.25) is 0 Å². The SMILES string of the molecule is CNC(=O)c1ccc(CN(C)CN2C(=O)NC3(C2=O)C(C)CCCC3C)cc1. The smallest absolute Gasteiger partial charge is 0.326 e. The van der Waals surface area contributed by atoms with Crippen molar-refractivity contribution in [2.45, 2.75) is 45.2 Å². The summed E-state index contributed by atoms with van der Waals surface area (Å²) in [6.45, 7) is 4.94. The Kier molecular flexibility index (Phi) is 5.74. The highest BCUT2D eigenvalue weighted by molar-refractivity contribution is 6.07. The summed E-state index contributed by atoms with van der Waals surface area (Å²) < 4.78 is 0. The molecule has 1 aliphatic carbocycles. The third kappa shape index (κ3) is 3.51. The fourth-order valence-electron chi connectivity index (χ4n) is 4.59. The predicted molar refractivity (Wildman–Crippen MR) is 106 cm³/mol. The van der Waals surface area contributed by atoms with Gasteiger partial charge in [0, 0.05) is 19.2 Å². The second-order valence-electron chi connectivity index (χ2n) is 8.20. The molecule has 7 nitrogen and oxygen atoms in total. The van der Waals surface area contributed by atoms with Crippen molar-refractivity contribution in [1.29, 1.82) is 0 Å². The van der Waals surface area contributed by atoms with Crippen LogP contribution >= 0.6 is 0 Å². The van der Waals surface area contributed by atoms with Crippen molar-refractivity contribution in [2.75, 3.05) is 20.8 Å². The van der Waals surface area contributed by atoms with E-state index in [4.69, 9.17) is 0 Å². The number of nitrogens with one attached hydrogen (secondary N) is 2. The number of imide groups is 1. The molecular weight excluding hydrogens is 356 g/mol. The molecule has 3 rings (SSSR count). The minimum Gasteiger partial charge on any atom is -0.355 e. The lowest BCUT2D eigenvalue weighted by molar-refractivity contribution is -0.137. The monoisotopic (exact) mass is 386 g/mol. The van der Waals surface area contributed by atoms with Crippen LogP contribution in [0.3, 0.4) is 0 Å². The summed E-state index contributed by atoms with van der Waals surface area (Å²) in [6.07, 6.45) is 3.01. The van der Waals surface area contributed by atoms with Crippen molar-refractivity contribution in [1.82, 2.24) is 20.4 Å². The molecule has 1 aromatic rings. The number of urea groups is 1. The predicted octanol–water partition coefficient (Wildman–Crippen LogP) is 2.18. The minimum atomic E-state index is -0.759. The van der Waals surface area contributed by atoms with Gasteiger partial charge in [0.15, 0.2) is 0 Å². The Bertz CT molecular complexity index is 751. The largest absolute Gasteiger partial charge is 0.355 e. The van der Waals surface area contributed by atoms with E-state index in [0.717, 1.165) is 24.8 Å². The fourth-order valence-corrected chi connectivity index (χ4v) is 4.59. The molecule has 0 bridgehead atoms. The highest BCUT2D eigenvalue weighted by Gasteiger charge is 2.58. The maximum atomic E-state index is 13.2. The number of carbonyl (C=O) groups is 3. The quantitative estimate of drug-likeness (QED) is 0.760. The molecular formula is C21H30N4O3. The Morgan fingerprint density at radius 2 is 1.82 bits per heavy atom. The van der Waals surface area contributed by atoms with Crippen molar-refractivity contribution in [3.8, 4) is 0 Å². The van der Waals surface area contributed by atoms with Gasteiger partial charge in [0.05, 0.1) is 6.67 Å². The summed E-state index contributed by atoms with van der Waals surface area (Å²) in [7, 11) is 3.48. The third-order valence-electron chi connectivity index (χ3n) is 6.27. The van der Waals surface area contributed by atoms with E-state index in [-0.39, 0.29) is 36.3 Å². The normalized spacial score (nSPS) is 27.4. The number of hydrogen-bond donors (Lipinski definition) is 2. The lowest BCUT2D eigenvalue weighted by Gasteiger charge is -2.42. The van der Waals surface area contributed by atoms with Gasteiger partial charge in [-0.15, -0.1) is 0 Å². The van der Waals surface area contributed by atoms with Gasteiger partial charge in [0.2, 0.25) is 0 Å². The first kappa shape index (κ1) is 20.3. The summed E-state index contributed by atoms with van der Waals surface area (Å²) in [4.78, 5) is 40.8. The van der Waals surface area contributed by atoms with Crippen LogP contribution in [0.15, 0.2) is 24.3 Å². The molecule has 2 N–H and O–H groups in total. The molecule has 2 fully saturated rings. The number of nitrogens with zero attached hydrogens (tertiary/aromatic N) is 2. The van der Waals surface area contributed by atoms with Gasteiger partial charge in [-0.25, -0.2) is 9.69 Å². The number of hydrogen-bond acceptors (Lipinski definition) is 4. The molecule has 1 saturated heterocycles. The van der Waals surface area contributed by atoms with E-state index in [2.05, 4.69) is 24.5 Å². The third-order valence-corrected chi connectivity index (χ3v) is 6.27. The van der Waals surface area contributed by atoms with Crippen molar-refractivity contribution in [2.24, 2.45) is 11.8 Å². The lowest BCUT2D eigenvalue weighted by atomic mass is 9.67. The molecule has 4 amide bonds. The van der Waals surface area contributed by atoms with E-state index in [1.54, 1.807) is 19.2 Å². The zero-order valence-electron chi connectivity index (χ0n) is 17.1. The van der Waals surface area contributed by atoms with Gasteiger partial charge in [-0.2, -0.15) is 0 Å². The standard InChI is InChI=1S/C21H30N4O3/c1-14-6-5-7-15(2)21(14)19(27)25(20(28)23-21)13-24(4)12-16-8-10-17(11-9-16)18(26)22-3/h8-11,14-15H,5-7,12-13H2,1-4H3,(H,22,26)(H,23,28). The van der Waals surface area contributed by atoms with E-state index in [1.807, 2.05) is 24.1 Å². The summed E-state index contributed by atoms with van der Waals surface area (Å²) in [5.41, 5.74) is 0.854. The average molecular weight is 386 g/mol. The zero-order chi connectivity index (χ0) is 20.5. The van der Waals surface area contributed by atoms with E-state index in [0.29, 0.717) is 12.1 Å². The first-order chi connectivity index (χ1) is 13.3. The van der Waals surface area contributed by atoms with E-state index < -0.39 is 5.54 Å². The molecule has 1 saturated carbocycles. The summed E-state index contributed by atoms with van der Waals surface area (Å²) in [6, 6.07) is 7.03. The molecule has 152 valence electrons. The van der Waals surface area contributed by atoms with Gasteiger partial charge in [-0.05, 0) is 49.4 Å². The van der Waals surface area contributed by atoms with Crippen LogP contribution in [-0.2, 0) is 11.3 Å². The van der Waals surface area contributed by atoms with Crippen molar-refractivity contribution < 1.29 is 14.4 Å². The molecule has 0 radical (unpaired) electrons. The first-order valence-electron chi connectivity index (χ1n) is 9.93. The van der Waals surface area contributed by atoms with Crippen molar-refractivity contribution in [3.63, 3.8) is 0 Å². The lowest BCUT2D eigenvalue weighted by Crippen LogP contribution is -2.59.